The molecule has 28 heavy (non-hydrogen) atoms. The maximum absolute atomic E-state index is 12.5. The van der Waals surface area contributed by atoms with Crippen molar-refractivity contribution in [2.24, 2.45) is 0 Å². The number of furan rings is 1. The minimum absolute atomic E-state index is 0.154. The second-order valence-electron chi connectivity index (χ2n) is 7.66. The van der Waals surface area contributed by atoms with Crippen LogP contribution >= 0.6 is 0 Å². The van der Waals surface area contributed by atoms with Crippen LogP contribution in [0.1, 0.15) is 30.1 Å². The molecule has 1 amide bonds. The van der Waals surface area contributed by atoms with Crippen LogP contribution in [0.4, 0.5) is 5.95 Å². The lowest BCUT2D eigenvalue weighted by Crippen LogP contribution is -2.36. The molecular formula is C20H29N5O3. The van der Waals surface area contributed by atoms with Crippen LogP contribution in [-0.2, 0) is 17.8 Å². The summed E-state index contributed by atoms with van der Waals surface area (Å²) in [6.45, 7) is 3.94. The van der Waals surface area contributed by atoms with Crippen molar-refractivity contribution in [3.05, 3.63) is 45.8 Å². The summed E-state index contributed by atoms with van der Waals surface area (Å²) >= 11 is 0. The highest BCUT2D eigenvalue weighted by molar-refractivity contribution is 5.76. The second-order valence-corrected chi connectivity index (χ2v) is 7.66. The van der Waals surface area contributed by atoms with Crippen molar-refractivity contribution in [1.82, 2.24) is 19.8 Å². The van der Waals surface area contributed by atoms with E-state index in [0.717, 1.165) is 30.2 Å². The number of nitrogens with zero attached hydrogens (tertiary/aromatic N) is 4. The quantitative estimate of drug-likeness (QED) is 0.773. The first-order chi connectivity index (χ1) is 13.3. The van der Waals surface area contributed by atoms with Crippen molar-refractivity contribution in [3.63, 3.8) is 0 Å². The van der Waals surface area contributed by atoms with Crippen LogP contribution in [0.2, 0.25) is 0 Å². The smallest absolute Gasteiger partial charge is 0.252 e. The van der Waals surface area contributed by atoms with Crippen LogP contribution in [0.5, 0.6) is 0 Å². The van der Waals surface area contributed by atoms with E-state index in [1.54, 1.807) is 4.90 Å². The first-order valence-electron chi connectivity index (χ1n) is 9.62. The van der Waals surface area contributed by atoms with Gasteiger partial charge in [-0.3, -0.25) is 19.5 Å². The zero-order valence-electron chi connectivity index (χ0n) is 17.1. The summed E-state index contributed by atoms with van der Waals surface area (Å²) in [5, 5.41) is 0. The number of carbonyl (C=O) groups excluding carboxylic acids is 1. The van der Waals surface area contributed by atoms with Crippen molar-refractivity contribution < 1.29 is 9.21 Å². The monoisotopic (exact) mass is 387 g/mol. The van der Waals surface area contributed by atoms with E-state index in [9.17, 15) is 9.59 Å². The van der Waals surface area contributed by atoms with Gasteiger partial charge in [0.15, 0.2) is 0 Å². The topological polar surface area (TPSA) is 85.7 Å². The fourth-order valence-electron chi connectivity index (χ4n) is 3.51. The highest BCUT2D eigenvalue weighted by Crippen LogP contribution is 2.18. The van der Waals surface area contributed by atoms with E-state index < -0.39 is 0 Å². The molecule has 1 N–H and O–H groups in total. The molecule has 1 aliphatic heterocycles. The molecule has 0 bridgehead atoms. The molecule has 0 radical (unpaired) electrons. The lowest BCUT2D eigenvalue weighted by Gasteiger charge is -2.24. The Hall–Kier alpha value is -2.61. The lowest BCUT2D eigenvalue weighted by molar-refractivity contribution is -0.130. The Balaban J connectivity index is 1.53. The van der Waals surface area contributed by atoms with E-state index in [4.69, 9.17) is 4.42 Å². The van der Waals surface area contributed by atoms with Crippen LogP contribution in [0, 0.1) is 6.92 Å². The van der Waals surface area contributed by atoms with E-state index in [1.807, 2.05) is 45.1 Å². The van der Waals surface area contributed by atoms with E-state index >= 15 is 0 Å². The molecule has 3 heterocycles. The molecule has 1 saturated heterocycles. The zero-order chi connectivity index (χ0) is 20.3. The standard InChI is InChI=1S/C20H29N5O3/c1-14-5-6-17(28-14)7-8-19(27)25-10-9-16(13-25)24(4)12-15-11-18(26)22-20(21-15)23(2)3/h5-6,11,16H,7-10,12-13H2,1-4H3,(H,21,22,26)/t16-/m0/s1. The predicted octanol–water partition coefficient (Wildman–Crippen LogP) is 1.40. The second kappa shape index (κ2) is 8.60. The number of aryl methyl sites for hydroxylation is 2. The summed E-state index contributed by atoms with van der Waals surface area (Å²) < 4.78 is 5.54. The third kappa shape index (κ3) is 5.01. The zero-order valence-corrected chi connectivity index (χ0v) is 17.1. The highest BCUT2D eigenvalue weighted by Gasteiger charge is 2.29. The molecule has 1 fully saturated rings. The van der Waals surface area contributed by atoms with Crippen LogP contribution in [0.25, 0.3) is 0 Å². The molecular weight excluding hydrogens is 358 g/mol. The van der Waals surface area contributed by atoms with Gasteiger partial charge in [0.05, 0.1) is 5.69 Å². The van der Waals surface area contributed by atoms with Crippen LogP contribution < -0.4 is 10.5 Å². The van der Waals surface area contributed by atoms with E-state index in [2.05, 4.69) is 14.9 Å². The minimum Gasteiger partial charge on any atom is -0.466 e. The normalized spacial score (nSPS) is 16.8. The molecule has 0 aromatic carbocycles. The van der Waals surface area contributed by atoms with Gasteiger partial charge in [0.1, 0.15) is 11.5 Å². The lowest BCUT2D eigenvalue weighted by atomic mass is 10.2. The largest absolute Gasteiger partial charge is 0.466 e. The van der Waals surface area contributed by atoms with Crippen LogP contribution in [-0.4, -0.2) is 65.9 Å². The molecule has 8 nitrogen and oxygen atoms in total. The van der Waals surface area contributed by atoms with Gasteiger partial charge in [-0.05, 0) is 32.5 Å². The number of anilines is 1. The van der Waals surface area contributed by atoms with Gasteiger partial charge in [-0.15, -0.1) is 0 Å². The molecule has 3 rings (SSSR count). The van der Waals surface area contributed by atoms with Gasteiger partial charge in [-0.2, -0.15) is 0 Å². The van der Waals surface area contributed by atoms with Crippen molar-refractivity contribution in [3.8, 4) is 0 Å². The Morgan fingerprint density at radius 3 is 2.82 bits per heavy atom. The molecule has 1 atom stereocenters. The summed E-state index contributed by atoms with van der Waals surface area (Å²) in [6.07, 6.45) is 2.02. The number of rotatable bonds is 7. The summed E-state index contributed by atoms with van der Waals surface area (Å²) in [4.78, 5) is 37.5. The van der Waals surface area contributed by atoms with Crippen molar-refractivity contribution in [2.75, 3.05) is 39.1 Å². The number of nitrogens with one attached hydrogen (secondary N) is 1. The van der Waals surface area contributed by atoms with Crippen molar-refractivity contribution >= 4 is 11.9 Å². The highest BCUT2D eigenvalue weighted by atomic mass is 16.3. The number of carbonyl (C=O) groups is 1. The van der Waals surface area contributed by atoms with Gasteiger partial charge in [0.2, 0.25) is 11.9 Å². The number of H-pyrrole nitrogens is 1. The number of hydrogen-bond acceptors (Lipinski definition) is 6. The Morgan fingerprint density at radius 1 is 1.36 bits per heavy atom. The third-order valence-electron chi connectivity index (χ3n) is 5.14. The van der Waals surface area contributed by atoms with Crippen LogP contribution in [0.3, 0.4) is 0 Å². The summed E-state index contributed by atoms with van der Waals surface area (Å²) in [6, 6.07) is 5.65. The average Bonchev–Trinajstić information content (AvgIpc) is 3.28. The third-order valence-corrected chi connectivity index (χ3v) is 5.14. The van der Waals surface area contributed by atoms with E-state index in [-0.39, 0.29) is 17.5 Å². The molecule has 0 aliphatic carbocycles. The number of aromatic amines is 1. The van der Waals surface area contributed by atoms with Gasteiger partial charge in [-0.1, -0.05) is 0 Å². The maximum atomic E-state index is 12.5. The summed E-state index contributed by atoms with van der Waals surface area (Å²) in [5.74, 6) is 2.44. The minimum atomic E-state index is -0.154. The van der Waals surface area contributed by atoms with Crippen LogP contribution in [0.15, 0.2) is 27.4 Å². The molecule has 0 saturated carbocycles. The Morgan fingerprint density at radius 2 is 2.14 bits per heavy atom. The van der Waals surface area contributed by atoms with E-state index in [1.165, 1.54) is 6.07 Å². The van der Waals surface area contributed by atoms with Gasteiger partial charge >= 0.3 is 0 Å². The van der Waals surface area contributed by atoms with Gasteiger partial charge in [0, 0.05) is 58.7 Å². The number of likely N-dealkylation sites (tertiary alicyclic amines) is 1. The molecule has 2 aromatic heterocycles. The SMILES string of the molecule is Cc1ccc(CCC(=O)N2CC[C@H](N(C)Cc3cc(=O)[nH]c(N(C)C)n3)C2)o1. The van der Waals surface area contributed by atoms with Crippen molar-refractivity contribution in [2.45, 2.75) is 38.8 Å². The number of amides is 1. The van der Waals surface area contributed by atoms with Crippen molar-refractivity contribution in [1.29, 1.82) is 0 Å². The number of likely N-dealkylation sites (N-methyl/N-ethyl adjacent to an activating group) is 1. The molecule has 1 aliphatic rings. The first-order valence-corrected chi connectivity index (χ1v) is 9.62. The van der Waals surface area contributed by atoms with Gasteiger partial charge in [-0.25, -0.2) is 4.98 Å². The average molecular weight is 387 g/mol. The molecule has 0 spiro atoms. The molecule has 0 unspecified atom stereocenters. The number of hydrogen-bond donors (Lipinski definition) is 1. The summed E-state index contributed by atoms with van der Waals surface area (Å²) in [5.41, 5.74) is 0.575. The predicted molar refractivity (Wildman–Crippen MR) is 107 cm³/mol. The van der Waals surface area contributed by atoms with Gasteiger partial charge in [0.25, 0.3) is 5.56 Å². The first kappa shape index (κ1) is 20.1. The Kier molecular flexibility index (Phi) is 6.18. The maximum Gasteiger partial charge on any atom is 0.252 e. The number of aromatic nitrogens is 2. The summed E-state index contributed by atoms with van der Waals surface area (Å²) in [7, 11) is 5.70. The Bertz CT molecular complexity index is 873. The Labute approximate surface area is 165 Å². The fourth-order valence-corrected chi connectivity index (χ4v) is 3.51. The molecule has 152 valence electrons. The fraction of sp³-hybridized carbons (Fsp3) is 0.550. The van der Waals surface area contributed by atoms with Gasteiger partial charge < -0.3 is 14.2 Å². The molecule has 8 heteroatoms. The van der Waals surface area contributed by atoms with E-state index in [0.29, 0.717) is 31.9 Å². The molecule has 2 aromatic rings.